The second-order valence-corrected chi connectivity index (χ2v) is 4.06. The van der Waals surface area contributed by atoms with E-state index < -0.39 is 23.4 Å². The molecule has 1 N–H and O–H groups in total. The highest BCUT2D eigenvalue weighted by atomic mass is 16.6. The molecule has 0 bridgehead atoms. The number of alkyl carbamates (subject to hydrolysis) is 1. The quantitative estimate of drug-likeness (QED) is 0.455. The highest BCUT2D eigenvalue weighted by Gasteiger charge is 2.15. The molecule has 0 spiro atoms. The molecule has 0 radical (unpaired) electrons. The van der Waals surface area contributed by atoms with Gasteiger partial charge in [0.2, 0.25) is 0 Å². The Kier molecular flexibility index (Phi) is 5.95. The summed E-state index contributed by atoms with van der Waals surface area (Å²) >= 11 is 0. The first-order valence-corrected chi connectivity index (χ1v) is 5.13. The summed E-state index contributed by atoms with van der Waals surface area (Å²) in [6.07, 6.45) is 1.24. The number of carbonyl (C=O) groups excluding carboxylic acids is 3. The monoisotopic (exact) mass is 243 g/mol. The maximum atomic E-state index is 11.1. The molecule has 0 rings (SSSR count). The predicted molar refractivity (Wildman–Crippen MR) is 60.1 cm³/mol. The van der Waals surface area contributed by atoms with Crippen molar-refractivity contribution in [1.29, 1.82) is 0 Å². The summed E-state index contributed by atoms with van der Waals surface area (Å²) in [7, 11) is 0. The fourth-order valence-electron chi connectivity index (χ4n) is 0.763. The minimum absolute atomic E-state index is 0.123. The van der Waals surface area contributed by atoms with Gasteiger partial charge in [-0.05, 0) is 27.7 Å². The summed E-state index contributed by atoms with van der Waals surface area (Å²) < 4.78 is 9.36. The third-order valence-electron chi connectivity index (χ3n) is 1.31. The zero-order valence-electron chi connectivity index (χ0n) is 10.4. The molecule has 0 saturated carbocycles. The maximum absolute atomic E-state index is 11.1. The molecule has 0 heterocycles. The van der Waals surface area contributed by atoms with Crippen LogP contribution in [0.4, 0.5) is 4.79 Å². The summed E-state index contributed by atoms with van der Waals surface area (Å²) in [5, 5.41) is 2.20. The first-order valence-electron chi connectivity index (χ1n) is 5.13. The van der Waals surface area contributed by atoms with Crippen LogP contribution in [0.3, 0.4) is 0 Å². The van der Waals surface area contributed by atoms with Gasteiger partial charge < -0.3 is 9.47 Å². The third-order valence-corrected chi connectivity index (χ3v) is 1.31. The van der Waals surface area contributed by atoms with Crippen molar-refractivity contribution >= 4 is 17.8 Å². The Morgan fingerprint density at radius 1 is 1.24 bits per heavy atom. The van der Waals surface area contributed by atoms with E-state index in [4.69, 9.17) is 4.74 Å². The zero-order valence-corrected chi connectivity index (χ0v) is 10.4. The van der Waals surface area contributed by atoms with E-state index in [0.717, 1.165) is 12.3 Å². The number of esters is 1. The molecule has 6 heteroatoms. The first kappa shape index (κ1) is 15.2. The topological polar surface area (TPSA) is 81.7 Å². The van der Waals surface area contributed by atoms with Gasteiger partial charge in [-0.1, -0.05) is 0 Å². The van der Waals surface area contributed by atoms with Crippen LogP contribution in [0, 0.1) is 0 Å². The number of rotatable bonds is 4. The number of nitrogens with one attached hydrogen (secondary N) is 1. The van der Waals surface area contributed by atoms with E-state index in [2.05, 4.69) is 10.1 Å². The summed E-state index contributed by atoms with van der Waals surface area (Å²) in [6, 6.07) is 0. The minimum atomic E-state index is -0.963. The Bertz CT molecular complexity index is 327. The van der Waals surface area contributed by atoms with Gasteiger partial charge in [0, 0.05) is 12.3 Å². The molecule has 0 aliphatic heterocycles. The van der Waals surface area contributed by atoms with Crippen LogP contribution in [0.1, 0.15) is 27.7 Å². The average Bonchev–Trinajstić information content (AvgIpc) is 2.14. The van der Waals surface area contributed by atoms with Crippen LogP contribution in [0.25, 0.3) is 0 Å². The van der Waals surface area contributed by atoms with Gasteiger partial charge in [0.1, 0.15) is 5.60 Å². The molecular formula is C11H17NO5. The molecule has 1 amide bonds. The number of ether oxygens (including phenoxy) is 2. The fraction of sp³-hybridized carbons (Fsp3) is 0.545. The SMILES string of the molecule is CCOC(=O)C(=O)C=CNC(=O)OC(C)(C)C. The summed E-state index contributed by atoms with van der Waals surface area (Å²) in [4.78, 5) is 33.1. The first-order chi connectivity index (χ1) is 7.76. The van der Waals surface area contributed by atoms with Crippen LogP contribution < -0.4 is 5.32 Å². The third kappa shape index (κ3) is 8.01. The molecule has 0 unspecified atom stereocenters. The lowest BCUT2D eigenvalue weighted by atomic mass is 10.2. The maximum Gasteiger partial charge on any atom is 0.411 e. The van der Waals surface area contributed by atoms with Crippen molar-refractivity contribution in [3.05, 3.63) is 12.3 Å². The molecule has 96 valence electrons. The number of amides is 1. The van der Waals surface area contributed by atoms with Crippen molar-refractivity contribution in [3.8, 4) is 0 Å². The lowest BCUT2D eigenvalue weighted by Crippen LogP contribution is -2.30. The molecule has 0 aliphatic rings. The Morgan fingerprint density at radius 3 is 2.29 bits per heavy atom. The minimum Gasteiger partial charge on any atom is -0.460 e. The molecule has 0 atom stereocenters. The van der Waals surface area contributed by atoms with Gasteiger partial charge in [-0.25, -0.2) is 9.59 Å². The smallest absolute Gasteiger partial charge is 0.411 e. The van der Waals surface area contributed by atoms with Gasteiger partial charge in [-0.15, -0.1) is 0 Å². The van der Waals surface area contributed by atoms with Gasteiger partial charge in [0.25, 0.3) is 5.78 Å². The van der Waals surface area contributed by atoms with Crippen molar-refractivity contribution in [2.45, 2.75) is 33.3 Å². The predicted octanol–water partition coefficient (Wildman–Crippen LogP) is 1.16. The van der Waals surface area contributed by atoms with Crippen LogP contribution >= 0.6 is 0 Å². The van der Waals surface area contributed by atoms with Crippen LogP contribution in [0.5, 0.6) is 0 Å². The molecular weight excluding hydrogens is 226 g/mol. The Hall–Kier alpha value is -1.85. The van der Waals surface area contributed by atoms with Crippen molar-refractivity contribution in [2.24, 2.45) is 0 Å². The van der Waals surface area contributed by atoms with E-state index in [1.807, 2.05) is 0 Å². The highest BCUT2D eigenvalue weighted by Crippen LogP contribution is 2.06. The largest absolute Gasteiger partial charge is 0.460 e. The summed E-state index contributed by atoms with van der Waals surface area (Å²) in [6.45, 7) is 6.84. The Morgan fingerprint density at radius 2 is 1.82 bits per heavy atom. The Balaban J connectivity index is 4.07. The van der Waals surface area contributed by atoms with Crippen LogP contribution in [0.2, 0.25) is 0 Å². The average molecular weight is 243 g/mol. The number of hydrogen-bond acceptors (Lipinski definition) is 5. The van der Waals surface area contributed by atoms with E-state index in [1.165, 1.54) is 0 Å². The number of ketones is 1. The van der Waals surface area contributed by atoms with E-state index in [-0.39, 0.29) is 6.61 Å². The van der Waals surface area contributed by atoms with Crippen molar-refractivity contribution in [3.63, 3.8) is 0 Å². The highest BCUT2D eigenvalue weighted by molar-refractivity contribution is 6.38. The van der Waals surface area contributed by atoms with Crippen molar-refractivity contribution < 1.29 is 23.9 Å². The van der Waals surface area contributed by atoms with Crippen LogP contribution in [-0.2, 0) is 19.1 Å². The summed E-state index contributed by atoms with van der Waals surface area (Å²) in [5.74, 6) is -1.81. The van der Waals surface area contributed by atoms with Crippen molar-refractivity contribution in [1.82, 2.24) is 5.32 Å². The van der Waals surface area contributed by atoms with Crippen LogP contribution in [0.15, 0.2) is 12.3 Å². The zero-order chi connectivity index (χ0) is 13.5. The van der Waals surface area contributed by atoms with E-state index in [1.54, 1.807) is 27.7 Å². The number of carbonyl (C=O) groups is 3. The van der Waals surface area contributed by atoms with Gasteiger partial charge >= 0.3 is 12.1 Å². The van der Waals surface area contributed by atoms with Gasteiger partial charge in [0.15, 0.2) is 0 Å². The van der Waals surface area contributed by atoms with Crippen molar-refractivity contribution in [2.75, 3.05) is 6.61 Å². The molecule has 0 aromatic rings. The molecule has 6 nitrogen and oxygen atoms in total. The second-order valence-electron chi connectivity index (χ2n) is 4.06. The molecule has 0 aromatic carbocycles. The molecule has 0 aliphatic carbocycles. The Labute approximate surface area is 100.0 Å². The van der Waals surface area contributed by atoms with Gasteiger partial charge in [-0.2, -0.15) is 0 Å². The van der Waals surface area contributed by atoms with E-state index >= 15 is 0 Å². The van der Waals surface area contributed by atoms with E-state index in [0.29, 0.717) is 0 Å². The lowest BCUT2D eigenvalue weighted by molar-refractivity contribution is -0.151. The molecule has 0 fully saturated rings. The van der Waals surface area contributed by atoms with E-state index in [9.17, 15) is 14.4 Å². The second kappa shape index (κ2) is 6.67. The fourth-order valence-corrected chi connectivity index (χ4v) is 0.763. The molecule has 17 heavy (non-hydrogen) atoms. The normalized spacial score (nSPS) is 11.1. The lowest BCUT2D eigenvalue weighted by Gasteiger charge is -2.18. The number of hydrogen-bond donors (Lipinski definition) is 1. The molecule has 0 saturated heterocycles. The molecule has 0 aromatic heterocycles. The van der Waals surface area contributed by atoms with Gasteiger partial charge in [-0.3, -0.25) is 10.1 Å². The van der Waals surface area contributed by atoms with Crippen LogP contribution in [-0.4, -0.2) is 30.1 Å². The van der Waals surface area contributed by atoms with Gasteiger partial charge in [0.05, 0.1) is 6.61 Å². The summed E-state index contributed by atoms with van der Waals surface area (Å²) in [5.41, 5.74) is -0.622. The standard InChI is InChI=1S/C11H17NO5/c1-5-16-9(14)8(13)6-7-12-10(15)17-11(2,3)4/h6-7H,5H2,1-4H3,(H,12,15).